The van der Waals surface area contributed by atoms with Crippen molar-refractivity contribution in [2.24, 2.45) is 0 Å². The molecular weight excluding hydrogens is 989 g/mol. The van der Waals surface area contributed by atoms with Gasteiger partial charge in [-0.15, -0.1) is 34.0 Å². The Morgan fingerprint density at radius 2 is 1.03 bits per heavy atom. The van der Waals surface area contributed by atoms with Gasteiger partial charge in [-0.25, -0.2) is 0 Å². The molecule has 0 aliphatic heterocycles. The molecule has 3 aliphatic carbocycles. The number of carbonyl (C=O) groups is 2. The van der Waals surface area contributed by atoms with E-state index in [1.165, 1.54) is 65.7 Å². The number of benzene rings is 5. The molecule has 368 valence electrons. The first-order chi connectivity index (χ1) is 37.2. The van der Waals surface area contributed by atoms with E-state index in [4.69, 9.17) is 0 Å². The van der Waals surface area contributed by atoms with Crippen molar-refractivity contribution in [1.29, 1.82) is 21.0 Å². The standard InChI is InChI=1S/C67H50N4O2S3/c1-3-5-7-9-15-41-21-26-46(27-22-41)67(47-28-23-42(24-29-47)16-10-8-6-4-2)57-33-43(58-32-30-48(74-58)34-55-60(44(37-68)38-69)50-17-11-13-19-52(50)63(55)72)25-31-54(57)65-62(67)66-59(76-65)36-49(75-66)35-56-61(45(39-70)40-71)51-18-12-14-20-53(51)64(56)73/h11-14,17-36H,3-10,15-16H2,1-2H3/b55-34-,56-35-. The van der Waals surface area contributed by atoms with Crippen LogP contribution < -0.4 is 0 Å². The fourth-order valence-electron chi connectivity index (χ4n) is 11.5. The van der Waals surface area contributed by atoms with Gasteiger partial charge in [0.1, 0.15) is 35.4 Å². The molecule has 6 nitrogen and oxygen atoms in total. The van der Waals surface area contributed by atoms with Crippen molar-refractivity contribution in [2.75, 3.05) is 0 Å². The van der Waals surface area contributed by atoms with Crippen LogP contribution in [0.2, 0.25) is 0 Å². The third-order valence-electron chi connectivity index (χ3n) is 15.2. The van der Waals surface area contributed by atoms with E-state index < -0.39 is 5.41 Å². The van der Waals surface area contributed by atoms with Gasteiger partial charge in [-0.05, 0) is 112 Å². The van der Waals surface area contributed by atoms with E-state index in [2.05, 4.69) is 105 Å². The summed E-state index contributed by atoms with van der Waals surface area (Å²) < 4.78 is 2.22. The Morgan fingerprint density at radius 3 is 1.54 bits per heavy atom. The fraction of sp³-hybridized carbons (Fsp3) is 0.194. The minimum absolute atomic E-state index is 0.0856. The predicted octanol–water partition coefficient (Wildman–Crippen LogP) is 17.5. The third kappa shape index (κ3) is 8.52. The quantitative estimate of drug-likeness (QED) is 0.0571. The monoisotopic (exact) mass is 1040 g/mol. The Bertz CT molecular complexity index is 3900. The van der Waals surface area contributed by atoms with Crippen LogP contribution in [-0.4, -0.2) is 11.6 Å². The highest BCUT2D eigenvalue weighted by Gasteiger charge is 2.49. The molecule has 0 radical (unpaired) electrons. The molecule has 11 rings (SSSR count). The highest BCUT2D eigenvalue weighted by atomic mass is 32.1. The van der Waals surface area contributed by atoms with Gasteiger partial charge in [0.2, 0.25) is 0 Å². The maximum absolute atomic E-state index is 14.2. The van der Waals surface area contributed by atoms with Crippen LogP contribution >= 0.6 is 34.0 Å². The summed E-state index contributed by atoms with van der Waals surface area (Å²) in [7, 11) is 0. The van der Waals surface area contributed by atoms with E-state index in [1.54, 1.807) is 58.3 Å². The first-order valence-electron chi connectivity index (χ1n) is 26.1. The number of ketones is 2. The molecule has 3 heterocycles. The number of hydrogen-bond acceptors (Lipinski definition) is 9. The van der Waals surface area contributed by atoms with Crippen LogP contribution in [0.3, 0.4) is 0 Å². The van der Waals surface area contributed by atoms with Crippen molar-refractivity contribution in [1.82, 2.24) is 0 Å². The Hall–Kier alpha value is -8.28. The molecule has 5 aromatic carbocycles. The molecule has 0 saturated carbocycles. The number of rotatable bonds is 15. The molecule has 0 atom stereocenters. The van der Waals surface area contributed by atoms with Gasteiger partial charge in [0, 0.05) is 63.2 Å². The Balaban J connectivity index is 1.09. The highest BCUT2D eigenvalue weighted by Crippen LogP contribution is 2.63. The van der Waals surface area contributed by atoms with Crippen LogP contribution in [-0.2, 0) is 18.3 Å². The van der Waals surface area contributed by atoms with Crippen LogP contribution in [0.5, 0.6) is 0 Å². The molecule has 0 bridgehead atoms. The SMILES string of the molecule is CCCCCCc1ccc(C2(c3ccc(CCCCCC)cc3)c3cc(-c4ccc(/C=C5\C(=O)c6ccccc6C5=C(C#N)C#N)s4)ccc3-c3sc4cc(/C=C5\C(=O)c6ccccc6C5=C(C#N)C#N)sc4c32)cc1. The Labute approximate surface area is 455 Å². The Morgan fingerprint density at radius 1 is 0.513 bits per heavy atom. The van der Waals surface area contributed by atoms with Crippen LogP contribution in [0.25, 0.3) is 53.6 Å². The zero-order valence-corrected chi connectivity index (χ0v) is 44.7. The molecule has 0 saturated heterocycles. The van der Waals surface area contributed by atoms with Gasteiger partial charge in [-0.3, -0.25) is 9.59 Å². The number of thiophene rings is 3. The smallest absolute Gasteiger partial charge is 0.194 e. The second kappa shape index (κ2) is 21.2. The summed E-state index contributed by atoms with van der Waals surface area (Å²) in [5.41, 5.74) is 12.2. The minimum Gasteiger partial charge on any atom is -0.289 e. The van der Waals surface area contributed by atoms with E-state index in [0.29, 0.717) is 44.5 Å². The van der Waals surface area contributed by atoms with Crippen LogP contribution in [0, 0.1) is 45.3 Å². The van der Waals surface area contributed by atoms with Crippen molar-refractivity contribution >= 4 is 78.3 Å². The summed E-state index contributed by atoms with van der Waals surface area (Å²) in [4.78, 5) is 32.0. The molecule has 0 fully saturated rings. The van der Waals surface area contributed by atoms with Gasteiger partial charge in [0.05, 0.1) is 10.1 Å². The van der Waals surface area contributed by atoms with Crippen molar-refractivity contribution < 1.29 is 9.59 Å². The van der Waals surface area contributed by atoms with Crippen molar-refractivity contribution in [2.45, 2.75) is 83.5 Å². The first kappa shape index (κ1) is 49.9. The maximum Gasteiger partial charge on any atom is 0.194 e. The lowest BCUT2D eigenvalue weighted by Crippen LogP contribution is -2.28. The van der Waals surface area contributed by atoms with Crippen LogP contribution in [0.1, 0.15) is 140 Å². The number of Topliss-reactive ketones (excluding diaryl/α,β-unsaturated/α-hetero) is 2. The number of nitriles is 4. The van der Waals surface area contributed by atoms with Gasteiger partial charge in [0.25, 0.3) is 0 Å². The van der Waals surface area contributed by atoms with E-state index >= 15 is 0 Å². The summed E-state index contributed by atoms with van der Waals surface area (Å²) in [6.45, 7) is 4.48. The van der Waals surface area contributed by atoms with E-state index in [-0.39, 0.29) is 22.7 Å². The largest absolute Gasteiger partial charge is 0.289 e. The number of allylic oxidation sites excluding steroid dienone is 6. The number of nitrogens with zero attached hydrogens (tertiary/aromatic N) is 4. The molecule has 0 N–H and O–H groups in total. The average Bonchev–Trinajstić information content (AvgIpc) is 4.41. The molecule has 3 aromatic heterocycles. The van der Waals surface area contributed by atoms with Gasteiger partial charge in [0.15, 0.2) is 11.6 Å². The van der Waals surface area contributed by atoms with E-state index in [1.807, 2.05) is 54.6 Å². The minimum atomic E-state index is -0.760. The van der Waals surface area contributed by atoms with E-state index in [9.17, 15) is 30.6 Å². The highest BCUT2D eigenvalue weighted by molar-refractivity contribution is 7.30. The Kier molecular flexibility index (Phi) is 13.9. The summed E-state index contributed by atoms with van der Waals surface area (Å²) in [6, 6.07) is 54.2. The number of fused-ring (bicyclic) bond motifs is 7. The molecule has 9 heteroatoms. The van der Waals surface area contributed by atoms with Crippen molar-refractivity contribution in [3.8, 4) is 45.2 Å². The number of carbonyl (C=O) groups excluding carboxylic acids is 2. The number of aryl methyl sites for hydroxylation is 2. The summed E-state index contributed by atoms with van der Waals surface area (Å²) in [6.07, 6.45) is 15.2. The second-order valence-electron chi connectivity index (χ2n) is 19.7. The zero-order chi connectivity index (χ0) is 52.5. The lowest BCUT2D eigenvalue weighted by molar-refractivity contribution is 0.103. The molecule has 0 spiro atoms. The van der Waals surface area contributed by atoms with Crippen molar-refractivity contribution in [3.05, 3.63) is 221 Å². The van der Waals surface area contributed by atoms with Crippen LogP contribution in [0.4, 0.5) is 0 Å². The average molecular weight is 1040 g/mol. The van der Waals surface area contributed by atoms with Gasteiger partial charge in [-0.2, -0.15) is 21.0 Å². The molecule has 76 heavy (non-hydrogen) atoms. The fourth-order valence-corrected chi connectivity index (χ4v) is 15.2. The van der Waals surface area contributed by atoms with Crippen molar-refractivity contribution in [3.63, 3.8) is 0 Å². The van der Waals surface area contributed by atoms with Gasteiger partial charge < -0.3 is 0 Å². The molecule has 8 aromatic rings. The normalized spacial score (nSPS) is 14.8. The second-order valence-corrected chi connectivity index (χ2v) is 22.9. The van der Waals surface area contributed by atoms with Crippen LogP contribution in [0.15, 0.2) is 156 Å². The summed E-state index contributed by atoms with van der Waals surface area (Å²) in [5.74, 6) is -0.408. The predicted molar refractivity (Wildman–Crippen MR) is 310 cm³/mol. The summed E-state index contributed by atoms with van der Waals surface area (Å²) in [5, 5.41) is 40.3. The molecule has 0 amide bonds. The van der Waals surface area contributed by atoms with E-state index in [0.717, 1.165) is 72.0 Å². The topological polar surface area (TPSA) is 129 Å². The van der Waals surface area contributed by atoms with Gasteiger partial charge in [-0.1, -0.05) is 162 Å². The number of unbranched alkanes of at least 4 members (excludes halogenated alkanes) is 6. The van der Waals surface area contributed by atoms with Gasteiger partial charge >= 0.3 is 0 Å². The lowest BCUT2D eigenvalue weighted by atomic mass is 9.67. The number of hydrogen-bond donors (Lipinski definition) is 0. The molecule has 0 unspecified atom stereocenters. The third-order valence-corrected chi connectivity index (χ3v) is 18.7. The zero-order valence-electron chi connectivity index (χ0n) is 42.3. The molecule has 3 aliphatic rings. The maximum atomic E-state index is 14.2. The first-order valence-corrected chi connectivity index (χ1v) is 28.5. The summed E-state index contributed by atoms with van der Waals surface area (Å²) >= 11 is 4.96. The lowest BCUT2D eigenvalue weighted by Gasteiger charge is -2.34. The molecular formula is C67H50N4O2S3.